The monoisotopic (exact) mass is 557 g/mol. The fourth-order valence-corrected chi connectivity index (χ4v) is 5.63. The summed E-state index contributed by atoms with van der Waals surface area (Å²) in [4.78, 5) is 20.0. The number of carbonyl (C=O) groups is 1. The Kier molecular flexibility index (Phi) is 9.09. The van der Waals surface area contributed by atoms with E-state index in [-0.39, 0.29) is 30.3 Å². The number of nitrogens with zero attached hydrogens (tertiary/aromatic N) is 4. The van der Waals surface area contributed by atoms with E-state index in [9.17, 15) is 9.18 Å². The van der Waals surface area contributed by atoms with Gasteiger partial charge in [-0.25, -0.2) is 9.37 Å². The molecule has 0 unspecified atom stereocenters. The van der Waals surface area contributed by atoms with Crippen LogP contribution in [0.25, 0.3) is 10.9 Å². The van der Waals surface area contributed by atoms with Gasteiger partial charge in [-0.2, -0.15) is 4.98 Å². The van der Waals surface area contributed by atoms with Gasteiger partial charge in [0.05, 0.1) is 13.1 Å². The van der Waals surface area contributed by atoms with Crippen molar-refractivity contribution in [2.75, 3.05) is 25.0 Å². The third-order valence-corrected chi connectivity index (χ3v) is 7.57. The smallest absolute Gasteiger partial charge is 0.303 e. The Bertz CT molecular complexity index is 1310. The molecule has 7 rings (SSSR count). The highest BCUT2D eigenvalue weighted by Crippen LogP contribution is 2.37. The number of piperidine rings is 3. The highest BCUT2D eigenvalue weighted by atomic mass is 35.5. The minimum atomic E-state index is -0.231. The number of quaternary nitrogens is 1. The second-order valence-electron chi connectivity index (χ2n) is 9.47. The molecule has 11 heteroatoms. The van der Waals surface area contributed by atoms with Gasteiger partial charge in [-0.3, -0.25) is 4.79 Å². The number of benzene rings is 2. The zero-order valence-electron chi connectivity index (χ0n) is 20.9. The Morgan fingerprint density at radius 1 is 1.16 bits per heavy atom. The van der Waals surface area contributed by atoms with Crippen molar-refractivity contribution in [3.63, 3.8) is 0 Å². The summed E-state index contributed by atoms with van der Waals surface area (Å²) < 4.78 is 24.6. The fraction of sp³-hybridized carbons (Fsp3) is 0.333. The van der Waals surface area contributed by atoms with Crippen LogP contribution in [-0.4, -0.2) is 51.3 Å². The van der Waals surface area contributed by atoms with Gasteiger partial charge in [0.25, 0.3) is 5.89 Å². The molecular formula is C27H29ClFN5O3S. The maximum absolute atomic E-state index is 12.8. The molecule has 0 radical (unpaired) electrons. The molecule has 3 saturated heterocycles. The summed E-state index contributed by atoms with van der Waals surface area (Å²) in [6, 6.07) is 16.1. The molecule has 0 amide bonds. The lowest BCUT2D eigenvalue weighted by molar-refractivity contribution is -0.958. The summed E-state index contributed by atoms with van der Waals surface area (Å²) in [7, 11) is 0. The standard InChI is InChI=1S/C15H19N4O3S.C12H10FN.ClH/c1-10(20)21-12-8-19(5-2-11(12)3-6-19)9-13-17-14(22-18-13)15-16-4-7-23-15;13-10-5-4-8-12(9-10)14-11-6-2-1-3-7-11;/h4,7,11-12H,2-3,5-6,8-9H2,1H3;1-9,14H;1H/q+1;;/p-1/t11?,12-,19?;;/m0../s1. The Balaban J connectivity index is 0.000000193. The van der Waals surface area contributed by atoms with E-state index in [1.165, 1.54) is 30.4 Å². The van der Waals surface area contributed by atoms with Crippen LogP contribution in [0.3, 0.4) is 0 Å². The third kappa shape index (κ3) is 6.94. The van der Waals surface area contributed by atoms with Crippen LogP contribution in [0, 0.1) is 11.7 Å². The first-order valence-electron chi connectivity index (χ1n) is 12.3. The quantitative estimate of drug-likeness (QED) is 0.288. The van der Waals surface area contributed by atoms with E-state index in [1.54, 1.807) is 12.3 Å². The normalized spacial score (nSPS) is 21.5. The van der Waals surface area contributed by atoms with Crippen molar-refractivity contribution in [2.45, 2.75) is 32.4 Å². The van der Waals surface area contributed by atoms with Crippen molar-refractivity contribution >= 4 is 28.7 Å². The Labute approximate surface area is 230 Å². The number of ether oxygens (including phenoxy) is 1. The predicted molar refractivity (Wildman–Crippen MR) is 138 cm³/mol. The van der Waals surface area contributed by atoms with E-state index in [0.29, 0.717) is 17.6 Å². The van der Waals surface area contributed by atoms with Gasteiger partial charge in [-0.05, 0) is 30.3 Å². The molecule has 3 aliphatic heterocycles. The molecule has 3 fully saturated rings. The van der Waals surface area contributed by atoms with Crippen molar-refractivity contribution in [3.8, 4) is 10.9 Å². The molecule has 8 nitrogen and oxygen atoms in total. The van der Waals surface area contributed by atoms with E-state index in [0.717, 1.165) is 59.9 Å². The summed E-state index contributed by atoms with van der Waals surface area (Å²) in [5, 5.41) is 9.86. The zero-order valence-corrected chi connectivity index (χ0v) is 22.5. The van der Waals surface area contributed by atoms with Gasteiger partial charge >= 0.3 is 5.97 Å². The first-order chi connectivity index (χ1) is 18.0. The Morgan fingerprint density at radius 3 is 2.61 bits per heavy atom. The van der Waals surface area contributed by atoms with Gasteiger partial charge in [-0.15, -0.1) is 11.3 Å². The van der Waals surface area contributed by atoms with Crippen LogP contribution in [0.1, 0.15) is 25.6 Å². The van der Waals surface area contributed by atoms with Crippen LogP contribution >= 0.6 is 11.3 Å². The van der Waals surface area contributed by atoms with Crippen LogP contribution in [0.2, 0.25) is 0 Å². The van der Waals surface area contributed by atoms with Crippen LogP contribution in [0.4, 0.5) is 15.8 Å². The molecule has 3 aliphatic rings. The van der Waals surface area contributed by atoms with Crippen LogP contribution in [0.15, 0.2) is 70.7 Å². The fourth-order valence-electron chi connectivity index (χ4n) is 5.08. The first kappa shape index (κ1) is 27.7. The molecule has 2 aromatic heterocycles. The number of rotatable bonds is 6. The average Bonchev–Trinajstić information content (AvgIpc) is 3.58. The van der Waals surface area contributed by atoms with Crippen LogP contribution in [-0.2, 0) is 16.1 Å². The number of thiazole rings is 1. The number of hydrogen-bond donors (Lipinski definition) is 1. The number of halogens is 2. The van der Waals surface area contributed by atoms with Crippen molar-refractivity contribution in [1.29, 1.82) is 0 Å². The molecule has 0 spiro atoms. The average molecular weight is 558 g/mol. The van der Waals surface area contributed by atoms with Crippen molar-refractivity contribution in [2.24, 2.45) is 5.92 Å². The second kappa shape index (κ2) is 12.5. The number of hydrogen-bond acceptors (Lipinski definition) is 8. The zero-order chi connectivity index (χ0) is 25.7. The maximum Gasteiger partial charge on any atom is 0.303 e. The molecule has 38 heavy (non-hydrogen) atoms. The molecule has 0 saturated carbocycles. The predicted octanol–water partition coefficient (Wildman–Crippen LogP) is 2.44. The topological polar surface area (TPSA) is 90.1 Å². The lowest BCUT2D eigenvalue weighted by atomic mass is 9.83. The SMILES string of the molecule is CC(=O)O[C@H]1C[N+]2(Cc3noc(-c4nccs4)n3)CCC1CC2.Fc1cccc(Nc2ccccc2)c1.[Cl-]. The maximum atomic E-state index is 12.8. The molecular weight excluding hydrogens is 529 g/mol. The highest BCUT2D eigenvalue weighted by molar-refractivity contribution is 7.12. The Morgan fingerprint density at radius 2 is 1.92 bits per heavy atom. The van der Waals surface area contributed by atoms with Gasteiger partial charge in [0, 0.05) is 48.6 Å². The van der Waals surface area contributed by atoms with Crippen molar-refractivity contribution in [3.05, 3.63) is 77.8 Å². The van der Waals surface area contributed by atoms with Crippen molar-refractivity contribution < 1.29 is 35.3 Å². The van der Waals surface area contributed by atoms with E-state index in [4.69, 9.17) is 9.26 Å². The number of anilines is 2. The number of nitrogens with one attached hydrogen (secondary N) is 1. The van der Waals surface area contributed by atoms with E-state index < -0.39 is 0 Å². The lowest BCUT2D eigenvalue weighted by Gasteiger charge is -2.51. The molecule has 1 atom stereocenters. The van der Waals surface area contributed by atoms with Gasteiger partial charge < -0.3 is 31.5 Å². The molecule has 2 aromatic carbocycles. The Hall–Kier alpha value is -3.34. The molecule has 0 aliphatic carbocycles. The van der Waals surface area contributed by atoms with Crippen LogP contribution in [0.5, 0.6) is 0 Å². The van der Waals surface area contributed by atoms with Gasteiger partial charge in [0.15, 0.2) is 11.1 Å². The van der Waals surface area contributed by atoms with Crippen LogP contribution < -0.4 is 17.7 Å². The van der Waals surface area contributed by atoms with E-state index in [1.807, 2.05) is 41.8 Å². The number of aromatic nitrogens is 3. The molecule has 5 heterocycles. The molecule has 1 N–H and O–H groups in total. The first-order valence-corrected chi connectivity index (χ1v) is 13.2. The summed E-state index contributed by atoms with van der Waals surface area (Å²) in [6.07, 6.45) is 3.94. The van der Waals surface area contributed by atoms with E-state index >= 15 is 0 Å². The third-order valence-electron chi connectivity index (χ3n) is 6.81. The van der Waals surface area contributed by atoms with Gasteiger partial charge in [0.1, 0.15) is 18.9 Å². The minimum absolute atomic E-state index is 0. The summed E-state index contributed by atoms with van der Waals surface area (Å²) >= 11 is 1.49. The van der Waals surface area contributed by atoms with Gasteiger partial charge in [-0.1, -0.05) is 29.4 Å². The molecule has 2 bridgehead atoms. The van der Waals surface area contributed by atoms with Crippen molar-refractivity contribution in [1.82, 2.24) is 15.1 Å². The number of esters is 1. The summed E-state index contributed by atoms with van der Waals surface area (Å²) in [5.41, 5.74) is 1.72. The minimum Gasteiger partial charge on any atom is -1.00 e. The number of fused-ring (bicyclic) bond motifs is 3. The number of para-hydroxylation sites is 1. The lowest BCUT2D eigenvalue weighted by Crippen LogP contribution is -3.00. The van der Waals surface area contributed by atoms with E-state index in [2.05, 4.69) is 20.4 Å². The van der Waals surface area contributed by atoms with Gasteiger partial charge in [0.2, 0.25) is 5.82 Å². The molecule has 200 valence electrons. The molecule has 4 aromatic rings. The summed E-state index contributed by atoms with van der Waals surface area (Å²) in [5.74, 6) is 1.28. The highest BCUT2D eigenvalue weighted by Gasteiger charge is 2.48. The number of carbonyl (C=O) groups excluding carboxylic acids is 1. The second-order valence-corrected chi connectivity index (χ2v) is 10.4. The summed E-state index contributed by atoms with van der Waals surface area (Å²) in [6.45, 7) is 5.24. The largest absolute Gasteiger partial charge is 1.00 e.